The molecule has 2 aliphatic heterocycles. The van der Waals surface area contributed by atoms with E-state index in [2.05, 4.69) is 6.07 Å². The first-order valence-electron chi connectivity index (χ1n) is 11.8. The first-order valence-corrected chi connectivity index (χ1v) is 13.2. The van der Waals surface area contributed by atoms with Crippen molar-refractivity contribution in [2.45, 2.75) is 57.4 Å². The van der Waals surface area contributed by atoms with Gasteiger partial charge >= 0.3 is 0 Å². The summed E-state index contributed by atoms with van der Waals surface area (Å²) in [7, 11) is -1.03. The number of piperidine rings is 1. The number of carbonyl (C=O) groups excluding carboxylic acids is 2. The molecule has 0 bridgehead atoms. The Balaban J connectivity index is 1.37. The third-order valence-corrected chi connectivity index (χ3v) is 8.11. The molecule has 0 spiro atoms. The molecule has 0 saturated carbocycles. The molecule has 6 nitrogen and oxygen atoms in total. The van der Waals surface area contributed by atoms with Gasteiger partial charge in [-0.25, -0.2) is 0 Å². The number of benzene rings is 2. The van der Waals surface area contributed by atoms with Gasteiger partial charge in [0.1, 0.15) is 5.75 Å². The quantitative estimate of drug-likeness (QED) is 0.612. The van der Waals surface area contributed by atoms with Crippen LogP contribution in [0.15, 0.2) is 48.5 Å². The Morgan fingerprint density at radius 2 is 1.76 bits per heavy atom. The minimum atomic E-state index is -1.03. The van der Waals surface area contributed by atoms with E-state index in [-0.39, 0.29) is 23.3 Å². The van der Waals surface area contributed by atoms with E-state index in [0.717, 1.165) is 24.9 Å². The van der Waals surface area contributed by atoms with E-state index < -0.39 is 10.8 Å². The number of amides is 2. The molecular weight excluding hydrogens is 436 g/mol. The van der Waals surface area contributed by atoms with Crippen molar-refractivity contribution >= 4 is 28.3 Å². The summed E-state index contributed by atoms with van der Waals surface area (Å²) in [5, 5.41) is 0. The number of fused-ring (bicyclic) bond motifs is 1. The molecule has 0 N–H and O–H groups in total. The Labute approximate surface area is 198 Å². The first-order chi connectivity index (χ1) is 16.0. The lowest BCUT2D eigenvalue weighted by Gasteiger charge is -2.41. The molecule has 4 rings (SSSR count). The predicted octanol–water partition coefficient (Wildman–Crippen LogP) is 4.15. The van der Waals surface area contributed by atoms with E-state index in [0.29, 0.717) is 43.0 Å². The predicted molar refractivity (Wildman–Crippen MR) is 131 cm³/mol. The van der Waals surface area contributed by atoms with Crippen LogP contribution in [0.2, 0.25) is 0 Å². The summed E-state index contributed by atoms with van der Waals surface area (Å²) in [6.07, 6.45) is 3.56. The molecule has 2 aliphatic rings. The van der Waals surface area contributed by atoms with E-state index in [1.54, 1.807) is 24.3 Å². The van der Waals surface area contributed by atoms with Crippen LogP contribution in [0.5, 0.6) is 5.75 Å². The van der Waals surface area contributed by atoms with Crippen LogP contribution in [0.1, 0.15) is 55.5 Å². The number of carbonyl (C=O) groups is 2. The van der Waals surface area contributed by atoms with E-state index in [1.807, 2.05) is 41.8 Å². The van der Waals surface area contributed by atoms with Gasteiger partial charge in [0.25, 0.3) is 5.91 Å². The van der Waals surface area contributed by atoms with Gasteiger partial charge < -0.3 is 14.5 Å². The number of hydrogen-bond acceptors (Lipinski definition) is 4. The maximum Gasteiger partial charge on any atom is 0.253 e. The van der Waals surface area contributed by atoms with Crippen molar-refractivity contribution in [1.29, 1.82) is 0 Å². The standard InChI is InChI=1S/C26H32N2O4S/c1-3-25(33(31)4-2)32-22-12-9-20(10-13-22)26(30)27-17-15-21(16-18-27)28-23-8-6-5-7-19(23)11-14-24(28)29/h5-10,12-13,21,25H,3-4,11,14-18H2,1-2H3. The van der Waals surface area contributed by atoms with Gasteiger partial charge in [0, 0.05) is 42.6 Å². The van der Waals surface area contributed by atoms with E-state index in [4.69, 9.17) is 4.74 Å². The molecule has 2 amide bonds. The number of rotatable bonds is 7. The average Bonchev–Trinajstić information content (AvgIpc) is 2.87. The average molecular weight is 469 g/mol. The molecule has 2 aromatic rings. The molecule has 2 atom stereocenters. The molecule has 1 fully saturated rings. The molecule has 33 heavy (non-hydrogen) atoms. The Morgan fingerprint density at radius 3 is 2.42 bits per heavy atom. The number of hydrogen-bond donors (Lipinski definition) is 0. The molecule has 0 radical (unpaired) electrons. The van der Waals surface area contributed by atoms with E-state index in [9.17, 15) is 13.8 Å². The lowest BCUT2D eigenvalue weighted by atomic mass is 9.95. The van der Waals surface area contributed by atoms with Crippen LogP contribution in [-0.2, 0) is 22.0 Å². The highest BCUT2D eigenvalue weighted by Gasteiger charge is 2.33. The van der Waals surface area contributed by atoms with Gasteiger partial charge in [0.15, 0.2) is 5.44 Å². The van der Waals surface area contributed by atoms with Crippen molar-refractivity contribution in [2.75, 3.05) is 23.7 Å². The van der Waals surface area contributed by atoms with Crippen LogP contribution < -0.4 is 9.64 Å². The largest absolute Gasteiger partial charge is 0.477 e. The summed E-state index contributed by atoms with van der Waals surface area (Å²) in [5.41, 5.74) is 2.54. The minimum absolute atomic E-state index is 0.00505. The lowest BCUT2D eigenvalue weighted by molar-refractivity contribution is -0.119. The topological polar surface area (TPSA) is 66.9 Å². The van der Waals surface area contributed by atoms with Crippen LogP contribution in [0.3, 0.4) is 0 Å². The maximum absolute atomic E-state index is 13.0. The van der Waals surface area contributed by atoms with Gasteiger partial charge in [0.05, 0.1) is 10.8 Å². The van der Waals surface area contributed by atoms with Gasteiger partial charge in [-0.2, -0.15) is 0 Å². The summed E-state index contributed by atoms with van der Waals surface area (Å²) in [5.74, 6) is 1.36. The second-order valence-corrected chi connectivity index (χ2v) is 10.4. The van der Waals surface area contributed by atoms with Crippen molar-refractivity contribution in [3.05, 3.63) is 59.7 Å². The van der Waals surface area contributed by atoms with Gasteiger partial charge in [-0.05, 0) is 61.6 Å². The van der Waals surface area contributed by atoms with Crippen LogP contribution in [-0.4, -0.2) is 51.2 Å². The Bertz CT molecular complexity index is 1020. The third-order valence-electron chi connectivity index (χ3n) is 6.52. The van der Waals surface area contributed by atoms with Crippen LogP contribution >= 0.6 is 0 Å². The fourth-order valence-corrected chi connectivity index (χ4v) is 5.66. The SMILES string of the molecule is CCC(Oc1ccc(C(=O)N2CCC(N3C(=O)CCc4ccccc43)CC2)cc1)S(=O)CC. The molecule has 176 valence electrons. The summed E-state index contributed by atoms with van der Waals surface area (Å²) >= 11 is 0. The molecule has 2 aromatic carbocycles. The second-order valence-electron chi connectivity index (χ2n) is 8.57. The fraction of sp³-hybridized carbons (Fsp3) is 0.462. The van der Waals surface area contributed by atoms with Crippen LogP contribution in [0.25, 0.3) is 0 Å². The minimum Gasteiger partial charge on any atom is -0.477 e. The molecule has 7 heteroatoms. The van der Waals surface area contributed by atoms with Crippen molar-refractivity contribution in [1.82, 2.24) is 4.90 Å². The van der Waals surface area contributed by atoms with Crippen molar-refractivity contribution < 1.29 is 18.5 Å². The van der Waals surface area contributed by atoms with Gasteiger partial charge in [-0.3, -0.25) is 13.8 Å². The number of aryl methyl sites for hydroxylation is 1. The lowest BCUT2D eigenvalue weighted by Crippen LogP contribution is -2.50. The van der Waals surface area contributed by atoms with Crippen molar-refractivity contribution in [3.8, 4) is 5.75 Å². The van der Waals surface area contributed by atoms with Gasteiger partial charge in [-0.1, -0.05) is 32.0 Å². The van der Waals surface area contributed by atoms with Crippen molar-refractivity contribution in [2.24, 2.45) is 0 Å². The van der Waals surface area contributed by atoms with Gasteiger partial charge in [0.2, 0.25) is 5.91 Å². The summed E-state index contributed by atoms with van der Waals surface area (Å²) in [6, 6.07) is 15.4. The molecule has 0 aromatic heterocycles. The molecule has 0 aliphatic carbocycles. The molecule has 2 heterocycles. The van der Waals surface area contributed by atoms with Crippen LogP contribution in [0, 0.1) is 0 Å². The van der Waals surface area contributed by atoms with E-state index in [1.165, 1.54) is 5.56 Å². The second kappa shape index (κ2) is 10.5. The van der Waals surface area contributed by atoms with E-state index >= 15 is 0 Å². The third kappa shape index (κ3) is 5.13. The zero-order chi connectivity index (χ0) is 23.4. The monoisotopic (exact) mass is 468 g/mol. The molecule has 2 unspecified atom stereocenters. The zero-order valence-electron chi connectivity index (χ0n) is 19.4. The number of anilines is 1. The number of ether oxygens (including phenoxy) is 1. The summed E-state index contributed by atoms with van der Waals surface area (Å²) < 4.78 is 17.9. The summed E-state index contributed by atoms with van der Waals surface area (Å²) in [6.45, 7) is 5.09. The smallest absolute Gasteiger partial charge is 0.253 e. The highest BCUT2D eigenvalue weighted by Crippen LogP contribution is 2.32. The number of nitrogens with zero attached hydrogens (tertiary/aromatic N) is 2. The molecular formula is C26H32N2O4S. The Hall–Kier alpha value is -2.67. The Morgan fingerprint density at radius 1 is 1.06 bits per heavy atom. The Kier molecular flexibility index (Phi) is 7.48. The highest BCUT2D eigenvalue weighted by molar-refractivity contribution is 7.85. The summed E-state index contributed by atoms with van der Waals surface area (Å²) in [4.78, 5) is 29.6. The van der Waals surface area contributed by atoms with Crippen LogP contribution in [0.4, 0.5) is 5.69 Å². The highest BCUT2D eigenvalue weighted by atomic mass is 32.2. The van der Waals surface area contributed by atoms with Crippen molar-refractivity contribution in [3.63, 3.8) is 0 Å². The maximum atomic E-state index is 13.0. The fourth-order valence-electron chi connectivity index (χ4n) is 4.70. The number of para-hydroxylation sites is 1. The number of likely N-dealkylation sites (tertiary alicyclic amines) is 1. The first kappa shape index (κ1) is 23.5. The van der Waals surface area contributed by atoms with Gasteiger partial charge in [-0.15, -0.1) is 0 Å². The zero-order valence-corrected chi connectivity index (χ0v) is 20.2. The normalized spacial score (nSPS) is 18.5. The molecule has 1 saturated heterocycles.